The van der Waals surface area contributed by atoms with Gasteiger partial charge in [-0.3, -0.25) is 9.59 Å². The van der Waals surface area contributed by atoms with E-state index in [1.165, 1.54) is 11.3 Å². The molecule has 2 aromatic carbocycles. The third-order valence-electron chi connectivity index (χ3n) is 3.55. The van der Waals surface area contributed by atoms with E-state index in [1.807, 2.05) is 18.2 Å². The van der Waals surface area contributed by atoms with Crippen LogP contribution >= 0.6 is 11.3 Å². The summed E-state index contributed by atoms with van der Waals surface area (Å²) in [5, 5.41) is 5.34. The number of hydrogen-bond acceptors (Lipinski definition) is 4. The van der Waals surface area contributed by atoms with E-state index in [0.29, 0.717) is 16.7 Å². The number of nitrogens with zero attached hydrogens (tertiary/aromatic N) is 1. The minimum absolute atomic E-state index is 0.188. The van der Waals surface area contributed by atoms with E-state index in [-0.39, 0.29) is 18.4 Å². The summed E-state index contributed by atoms with van der Waals surface area (Å²) in [5.74, 6) is 5.43. The summed E-state index contributed by atoms with van der Waals surface area (Å²) in [7, 11) is 1.58. The number of hydrogen-bond donors (Lipinski definition) is 2. The Morgan fingerprint density at radius 1 is 1.16 bits per heavy atom. The summed E-state index contributed by atoms with van der Waals surface area (Å²) < 4.78 is 0.971. The first-order valence-electron chi connectivity index (χ1n) is 7.60. The Morgan fingerprint density at radius 3 is 2.84 bits per heavy atom. The van der Waals surface area contributed by atoms with Crippen molar-refractivity contribution in [1.82, 2.24) is 15.6 Å². The number of carbonyl (C=O) groups excluding carboxylic acids is 2. The van der Waals surface area contributed by atoms with Crippen LogP contribution in [0.3, 0.4) is 0 Å². The molecule has 0 saturated heterocycles. The number of amides is 2. The normalized spacial score (nSPS) is 9.96. The summed E-state index contributed by atoms with van der Waals surface area (Å²) >= 11 is 1.49. The van der Waals surface area contributed by atoms with E-state index >= 15 is 0 Å². The summed E-state index contributed by atoms with van der Waals surface area (Å²) in [5.41, 5.74) is 4.35. The molecule has 5 nitrogen and oxygen atoms in total. The maximum Gasteiger partial charge on any atom is 0.252 e. The molecule has 0 aliphatic heterocycles. The van der Waals surface area contributed by atoms with Crippen LogP contribution in [0.4, 0.5) is 0 Å². The highest BCUT2D eigenvalue weighted by molar-refractivity contribution is 7.16. The smallest absolute Gasteiger partial charge is 0.252 e. The van der Waals surface area contributed by atoms with Gasteiger partial charge in [0.25, 0.3) is 11.8 Å². The molecule has 3 rings (SSSR count). The second-order valence-electron chi connectivity index (χ2n) is 5.14. The molecule has 0 aliphatic carbocycles. The van der Waals surface area contributed by atoms with Crippen LogP contribution in [-0.2, 0) is 0 Å². The topological polar surface area (TPSA) is 71.1 Å². The van der Waals surface area contributed by atoms with Gasteiger partial charge in [-0.05, 0) is 30.3 Å². The highest BCUT2D eigenvalue weighted by Gasteiger charge is 2.07. The fourth-order valence-corrected chi connectivity index (χ4v) is 3.00. The zero-order valence-corrected chi connectivity index (χ0v) is 14.3. The average molecular weight is 349 g/mol. The van der Waals surface area contributed by atoms with E-state index in [1.54, 1.807) is 36.8 Å². The molecule has 1 aromatic heterocycles. The fourth-order valence-electron chi connectivity index (χ4n) is 2.29. The quantitative estimate of drug-likeness (QED) is 0.714. The molecule has 2 amide bonds. The van der Waals surface area contributed by atoms with Crippen molar-refractivity contribution in [2.45, 2.75) is 0 Å². The minimum atomic E-state index is -0.191. The maximum absolute atomic E-state index is 12.2. The van der Waals surface area contributed by atoms with Crippen LogP contribution in [0.2, 0.25) is 0 Å². The van der Waals surface area contributed by atoms with Gasteiger partial charge in [0, 0.05) is 18.2 Å². The van der Waals surface area contributed by atoms with Gasteiger partial charge in [0.15, 0.2) is 0 Å². The van der Waals surface area contributed by atoms with Crippen LogP contribution < -0.4 is 10.6 Å². The van der Waals surface area contributed by atoms with Crippen molar-refractivity contribution in [3.05, 3.63) is 64.7 Å². The van der Waals surface area contributed by atoms with Crippen LogP contribution in [0.25, 0.3) is 10.2 Å². The number of thiazole rings is 1. The highest BCUT2D eigenvalue weighted by Crippen LogP contribution is 2.18. The molecule has 2 N–H and O–H groups in total. The lowest BCUT2D eigenvalue weighted by molar-refractivity contribution is 0.0952. The molecule has 0 bridgehead atoms. The molecule has 124 valence electrons. The van der Waals surface area contributed by atoms with E-state index < -0.39 is 0 Å². The van der Waals surface area contributed by atoms with E-state index in [0.717, 1.165) is 10.2 Å². The van der Waals surface area contributed by atoms with E-state index in [2.05, 4.69) is 27.5 Å². The molecule has 25 heavy (non-hydrogen) atoms. The molecular formula is C19H15N3O2S. The summed E-state index contributed by atoms with van der Waals surface area (Å²) in [6, 6.07) is 12.5. The molecule has 1 heterocycles. The van der Waals surface area contributed by atoms with Crippen molar-refractivity contribution in [3.63, 3.8) is 0 Å². The SMILES string of the molecule is CNC(=O)c1ccccc1C#CCNC(=O)c1ccc2ncsc2c1. The lowest BCUT2D eigenvalue weighted by Gasteiger charge is -2.03. The molecule has 0 fully saturated rings. The monoisotopic (exact) mass is 349 g/mol. The van der Waals surface area contributed by atoms with Crippen molar-refractivity contribution in [3.8, 4) is 11.8 Å². The van der Waals surface area contributed by atoms with Gasteiger partial charge in [0.1, 0.15) is 0 Å². The predicted molar refractivity (Wildman–Crippen MR) is 98.7 cm³/mol. The van der Waals surface area contributed by atoms with Gasteiger partial charge in [0.05, 0.1) is 27.8 Å². The number of rotatable bonds is 3. The zero-order chi connectivity index (χ0) is 17.6. The van der Waals surface area contributed by atoms with Gasteiger partial charge in [-0.25, -0.2) is 4.98 Å². The first-order valence-corrected chi connectivity index (χ1v) is 8.48. The van der Waals surface area contributed by atoms with Gasteiger partial charge in [-0.1, -0.05) is 24.0 Å². The second kappa shape index (κ2) is 7.60. The van der Waals surface area contributed by atoms with Gasteiger partial charge in [-0.15, -0.1) is 11.3 Å². The maximum atomic E-state index is 12.2. The van der Waals surface area contributed by atoms with E-state index in [4.69, 9.17) is 0 Å². The summed E-state index contributed by atoms with van der Waals surface area (Å²) in [4.78, 5) is 28.2. The number of nitrogens with one attached hydrogen (secondary N) is 2. The average Bonchev–Trinajstić information content (AvgIpc) is 3.12. The lowest BCUT2D eigenvalue weighted by atomic mass is 10.1. The van der Waals surface area contributed by atoms with Gasteiger partial charge >= 0.3 is 0 Å². The second-order valence-corrected chi connectivity index (χ2v) is 6.03. The van der Waals surface area contributed by atoms with Crippen molar-refractivity contribution in [1.29, 1.82) is 0 Å². The van der Waals surface area contributed by atoms with Gasteiger partial charge in [-0.2, -0.15) is 0 Å². The van der Waals surface area contributed by atoms with Crippen LogP contribution in [0.15, 0.2) is 48.0 Å². The third kappa shape index (κ3) is 3.84. The van der Waals surface area contributed by atoms with Gasteiger partial charge in [0.2, 0.25) is 0 Å². The van der Waals surface area contributed by atoms with Crippen molar-refractivity contribution in [2.24, 2.45) is 0 Å². The predicted octanol–water partition coefficient (Wildman–Crippen LogP) is 2.44. The molecule has 6 heteroatoms. The highest BCUT2D eigenvalue weighted by atomic mass is 32.1. The summed E-state index contributed by atoms with van der Waals surface area (Å²) in [6.45, 7) is 0.196. The number of benzene rings is 2. The number of aromatic nitrogens is 1. The Labute approximate surface area is 149 Å². The Hall–Kier alpha value is -3.17. The van der Waals surface area contributed by atoms with Crippen molar-refractivity contribution < 1.29 is 9.59 Å². The molecule has 0 spiro atoms. The molecule has 0 aliphatic rings. The Balaban J connectivity index is 1.66. The van der Waals surface area contributed by atoms with E-state index in [9.17, 15) is 9.59 Å². The largest absolute Gasteiger partial charge is 0.355 e. The first kappa shape index (κ1) is 16.7. The fraction of sp³-hybridized carbons (Fsp3) is 0.105. The molecule has 3 aromatic rings. The minimum Gasteiger partial charge on any atom is -0.355 e. The van der Waals surface area contributed by atoms with Crippen LogP contribution in [0.5, 0.6) is 0 Å². The van der Waals surface area contributed by atoms with Crippen molar-refractivity contribution in [2.75, 3.05) is 13.6 Å². The van der Waals surface area contributed by atoms with Crippen LogP contribution in [0, 0.1) is 11.8 Å². The van der Waals surface area contributed by atoms with Gasteiger partial charge < -0.3 is 10.6 Å². The van der Waals surface area contributed by atoms with Crippen LogP contribution in [0.1, 0.15) is 26.3 Å². The Bertz CT molecular complexity index is 998. The first-order chi connectivity index (χ1) is 12.2. The standard InChI is InChI=1S/C19H15N3O2S/c1-20-19(24)15-7-3-2-5-13(15)6-4-10-21-18(23)14-8-9-16-17(11-14)25-12-22-16/h2-3,5,7-9,11-12H,10H2,1H3,(H,20,24)(H,21,23). The lowest BCUT2D eigenvalue weighted by Crippen LogP contribution is -2.23. The molecule has 0 radical (unpaired) electrons. The molecule has 0 atom stereocenters. The van der Waals surface area contributed by atoms with Crippen LogP contribution in [-0.4, -0.2) is 30.4 Å². The Morgan fingerprint density at radius 2 is 2.00 bits per heavy atom. The third-order valence-corrected chi connectivity index (χ3v) is 4.34. The number of fused-ring (bicyclic) bond motifs is 1. The Kier molecular flexibility index (Phi) is 5.07. The molecule has 0 unspecified atom stereocenters. The molecule has 0 saturated carbocycles. The molecular weight excluding hydrogens is 334 g/mol. The number of carbonyl (C=O) groups is 2. The zero-order valence-electron chi connectivity index (χ0n) is 13.5. The summed E-state index contributed by atoms with van der Waals surface area (Å²) in [6.07, 6.45) is 0. The van der Waals surface area contributed by atoms with Crippen molar-refractivity contribution >= 4 is 33.4 Å².